The second-order valence-corrected chi connectivity index (χ2v) is 4.03. The monoisotopic (exact) mass is 280 g/mol. The first-order valence-electron chi connectivity index (χ1n) is 5.37. The number of aromatic nitrogens is 1. The van der Waals surface area contributed by atoms with Crippen LogP contribution in [-0.2, 0) is 0 Å². The topological polar surface area (TPSA) is 51.2 Å². The number of hydrogen-bond acceptors (Lipinski definition) is 3. The number of nitrogens with zero attached hydrogens (tertiary/aromatic N) is 1. The van der Waals surface area contributed by atoms with Crippen molar-refractivity contribution in [3.8, 4) is 5.75 Å². The number of benzene rings is 1. The summed E-state index contributed by atoms with van der Waals surface area (Å²) in [5.41, 5.74) is 0.129. The van der Waals surface area contributed by atoms with Crippen molar-refractivity contribution in [3.63, 3.8) is 0 Å². The molecule has 1 heterocycles. The summed E-state index contributed by atoms with van der Waals surface area (Å²) < 4.78 is 18.7. The van der Waals surface area contributed by atoms with Crippen LogP contribution in [0.15, 0.2) is 36.7 Å². The lowest BCUT2D eigenvalue weighted by Crippen LogP contribution is -2.15. The maximum Gasteiger partial charge on any atom is 0.262 e. The van der Waals surface area contributed by atoms with E-state index in [9.17, 15) is 9.18 Å². The van der Waals surface area contributed by atoms with Gasteiger partial charge in [-0.25, -0.2) is 4.39 Å². The Morgan fingerprint density at radius 2 is 2.21 bits per heavy atom. The van der Waals surface area contributed by atoms with Gasteiger partial charge in [-0.1, -0.05) is 17.7 Å². The largest absolute Gasteiger partial charge is 0.496 e. The summed E-state index contributed by atoms with van der Waals surface area (Å²) in [5, 5.41) is 2.81. The summed E-state index contributed by atoms with van der Waals surface area (Å²) >= 11 is 5.89. The zero-order valence-electron chi connectivity index (χ0n) is 9.98. The smallest absolute Gasteiger partial charge is 0.262 e. The van der Waals surface area contributed by atoms with Crippen LogP contribution in [0.5, 0.6) is 5.75 Å². The van der Waals surface area contributed by atoms with Gasteiger partial charge in [0.15, 0.2) is 0 Å². The molecule has 6 heteroatoms. The van der Waals surface area contributed by atoms with Gasteiger partial charge in [-0.15, -0.1) is 0 Å². The second kappa shape index (κ2) is 5.67. The molecule has 0 unspecified atom stereocenters. The quantitative estimate of drug-likeness (QED) is 0.940. The Morgan fingerprint density at radius 3 is 2.89 bits per heavy atom. The average molecular weight is 281 g/mol. The van der Waals surface area contributed by atoms with E-state index in [2.05, 4.69) is 10.3 Å². The number of carbonyl (C=O) groups excluding carboxylic acids is 1. The molecule has 1 aromatic heterocycles. The highest BCUT2D eigenvalue weighted by atomic mass is 35.5. The number of rotatable bonds is 3. The first-order chi connectivity index (χ1) is 9.13. The maximum atomic E-state index is 13.7. The Hall–Kier alpha value is -2.14. The standard InChI is InChI=1S/C13H10ClFN2O2/c1-19-11-4-2-3-9(15)12(11)13(18)17-10-7-16-6-5-8(10)14/h2-7H,1H3,(H,17,18). The maximum absolute atomic E-state index is 13.7. The van der Waals surface area contributed by atoms with Gasteiger partial charge < -0.3 is 10.1 Å². The third-order valence-corrected chi connectivity index (χ3v) is 2.77. The average Bonchev–Trinajstić information content (AvgIpc) is 2.40. The van der Waals surface area contributed by atoms with Gasteiger partial charge in [-0.05, 0) is 18.2 Å². The van der Waals surface area contributed by atoms with Crippen LogP contribution in [0.2, 0.25) is 5.02 Å². The lowest BCUT2D eigenvalue weighted by molar-refractivity contribution is 0.102. The summed E-state index contributed by atoms with van der Waals surface area (Å²) in [6, 6.07) is 5.67. The normalized spacial score (nSPS) is 10.1. The molecule has 2 rings (SSSR count). The van der Waals surface area contributed by atoms with Crippen molar-refractivity contribution in [1.82, 2.24) is 4.98 Å². The summed E-state index contributed by atoms with van der Waals surface area (Å²) in [6.45, 7) is 0. The van der Waals surface area contributed by atoms with Gasteiger partial charge in [0.05, 0.1) is 24.0 Å². The third-order valence-electron chi connectivity index (χ3n) is 2.44. The van der Waals surface area contributed by atoms with E-state index < -0.39 is 11.7 Å². The molecule has 0 aliphatic carbocycles. The van der Waals surface area contributed by atoms with E-state index in [0.717, 1.165) is 0 Å². The van der Waals surface area contributed by atoms with Crippen LogP contribution >= 0.6 is 11.6 Å². The minimum atomic E-state index is -0.670. The van der Waals surface area contributed by atoms with Gasteiger partial charge >= 0.3 is 0 Å². The van der Waals surface area contributed by atoms with Crippen LogP contribution in [0.25, 0.3) is 0 Å². The number of pyridine rings is 1. The Balaban J connectivity index is 2.33. The highest BCUT2D eigenvalue weighted by Gasteiger charge is 2.18. The molecule has 1 amide bonds. The van der Waals surface area contributed by atoms with E-state index in [1.54, 1.807) is 0 Å². The second-order valence-electron chi connectivity index (χ2n) is 3.63. The number of amides is 1. The molecule has 19 heavy (non-hydrogen) atoms. The van der Waals surface area contributed by atoms with Gasteiger partial charge in [0.2, 0.25) is 0 Å². The van der Waals surface area contributed by atoms with Crippen molar-refractivity contribution >= 4 is 23.2 Å². The van der Waals surface area contributed by atoms with Crippen LogP contribution in [0.3, 0.4) is 0 Å². The van der Waals surface area contributed by atoms with Gasteiger partial charge in [-0.3, -0.25) is 9.78 Å². The molecule has 1 N–H and O–H groups in total. The number of hydrogen-bond donors (Lipinski definition) is 1. The van der Waals surface area contributed by atoms with Gasteiger partial charge in [0.1, 0.15) is 17.1 Å². The van der Waals surface area contributed by atoms with E-state index in [0.29, 0.717) is 10.7 Å². The van der Waals surface area contributed by atoms with E-state index in [1.165, 1.54) is 43.8 Å². The SMILES string of the molecule is COc1cccc(F)c1C(=O)Nc1cnccc1Cl. The van der Waals surface area contributed by atoms with Crippen molar-refractivity contribution in [3.05, 3.63) is 53.1 Å². The molecule has 0 aliphatic heterocycles. The third kappa shape index (κ3) is 2.82. The Kier molecular flexibility index (Phi) is 3.97. The van der Waals surface area contributed by atoms with Crippen molar-refractivity contribution < 1.29 is 13.9 Å². The minimum absolute atomic E-state index is 0.150. The number of halogens is 2. The number of ether oxygens (including phenoxy) is 1. The number of carbonyl (C=O) groups is 1. The lowest BCUT2D eigenvalue weighted by atomic mass is 10.1. The number of nitrogens with one attached hydrogen (secondary N) is 1. The molecule has 4 nitrogen and oxygen atoms in total. The fourth-order valence-electron chi connectivity index (χ4n) is 1.55. The van der Waals surface area contributed by atoms with E-state index in [-0.39, 0.29) is 11.3 Å². The molecule has 0 saturated heterocycles. The van der Waals surface area contributed by atoms with E-state index >= 15 is 0 Å². The summed E-state index contributed by atoms with van der Waals surface area (Å²) in [7, 11) is 1.36. The number of methoxy groups -OCH3 is 1. The summed E-state index contributed by atoms with van der Waals surface area (Å²) in [6.07, 6.45) is 2.87. The van der Waals surface area contributed by atoms with Crippen LogP contribution in [-0.4, -0.2) is 18.0 Å². The van der Waals surface area contributed by atoms with Gasteiger partial charge in [-0.2, -0.15) is 0 Å². The van der Waals surface area contributed by atoms with Crippen molar-refractivity contribution in [1.29, 1.82) is 0 Å². The molecular weight excluding hydrogens is 271 g/mol. The van der Waals surface area contributed by atoms with Gasteiger partial charge in [0.25, 0.3) is 5.91 Å². The fourth-order valence-corrected chi connectivity index (χ4v) is 1.70. The van der Waals surface area contributed by atoms with Crippen molar-refractivity contribution in [2.75, 3.05) is 12.4 Å². The fraction of sp³-hybridized carbons (Fsp3) is 0.0769. The predicted molar refractivity (Wildman–Crippen MR) is 70.2 cm³/mol. The zero-order valence-corrected chi connectivity index (χ0v) is 10.7. The minimum Gasteiger partial charge on any atom is -0.496 e. The van der Waals surface area contributed by atoms with E-state index in [1.807, 2.05) is 0 Å². The number of anilines is 1. The van der Waals surface area contributed by atoms with Crippen LogP contribution in [0.4, 0.5) is 10.1 Å². The van der Waals surface area contributed by atoms with Crippen molar-refractivity contribution in [2.24, 2.45) is 0 Å². The van der Waals surface area contributed by atoms with Gasteiger partial charge in [0, 0.05) is 6.20 Å². The molecule has 0 saturated carbocycles. The molecule has 0 aliphatic rings. The molecule has 2 aromatic rings. The molecule has 0 spiro atoms. The zero-order chi connectivity index (χ0) is 13.8. The molecule has 1 aromatic carbocycles. The molecule has 0 radical (unpaired) electrons. The van der Waals surface area contributed by atoms with Crippen molar-refractivity contribution in [2.45, 2.75) is 0 Å². The summed E-state index contributed by atoms with van der Waals surface area (Å²) in [4.78, 5) is 15.9. The molecular formula is C13H10ClFN2O2. The van der Waals surface area contributed by atoms with Crippen LogP contribution in [0.1, 0.15) is 10.4 Å². The van der Waals surface area contributed by atoms with Crippen LogP contribution < -0.4 is 10.1 Å². The highest BCUT2D eigenvalue weighted by Crippen LogP contribution is 2.24. The van der Waals surface area contributed by atoms with Crippen LogP contribution in [0, 0.1) is 5.82 Å². The summed E-state index contributed by atoms with van der Waals surface area (Å²) in [5.74, 6) is -1.17. The molecule has 98 valence electrons. The molecule has 0 bridgehead atoms. The molecule has 0 atom stereocenters. The lowest BCUT2D eigenvalue weighted by Gasteiger charge is -2.10. The Morgan fingerprint density at radius 1 is 1.42 bits per heavy atom. The first-order valence-corrected chi connectivity index (χ1v) is 5.74. The molecule has 0 fully saturated rings. The Labute approximate surface area is 114 Å². The Bertz CT molecular complexity index is 619. The first kappa shape index (κ1) is 13.3. The predicted octanol–water partition coefficient (Wildman–Crippen LogP) is 3.14. The highest BCUT2D eigenvalue weighted by molar-refractivity contribution is 6.33. The van der Waals surface area contributed by atoms with E-state index in [4.69, 9.17) is 16.3 Å².